The molecule has 0 bridgehead atoms. The molecule has 166 valence electrons. The van der Waals surface area contributed by atoms with Crippen LogP contribution in [0.1, 0.15) is 44.4 Å². The standard InChI is InChI=1S/C26H35N3O2/c1-21(2)19-31-24-9-4-3-7-22(24)18-28-14-10-26(20-28)11-15-29(16-12-26)25(30)17-23-8-5-6-13-27-23/h3-9,13,21H,10-12,14-20H2,1-2H3. The van der Waals surface area contributed by atoms with Crippen LogP contribution < -0.4 is 4.74 Å². The van der Waals surface area contributed by atoms with Crippen molar-refractivity contribution in [1.82, 2.24) is 14.8 Å². The van der Waals surface area contributed by atoms with Gasteiger partial charge >= 0.3 is 0 Å². The third-order valence-corrected chi connectivity index (χ3v) is 6.69. The van der Waals surface area contributed by atoms with Gasteiger partial charge in [0.25, 0.3) is 0 Å². The number of hydrogen-bond donors (Lipinski definition) is 0. The third-order valence-electron chi connectivity index (χ3n) is 6.69. The number of amides is 1. The van der Waals surface area contributed by atoms with Crippen LogP contribution in [0.15, 0.2) is 48.7 Å². The number of likely N-dealkylation sites (tertiary alicyclic amines) is 2. The number of benzene rings is 1. The first kappa shape index (κ1) is 21.8. The van der Waals surface area contributed by atoms with E-state index in [-0.39, 0.29) is 5.91 Å². The lowest BCUT2D eigenvalue weighted by atomic mass is 9.77. The van der Waals surface area contributed by atoms with Crippen molar-refractivity contribution in [2.45, 2.75) is 46.1 Å². The van der Waals surface area contributed by atoms with E-state index >= 15 is 0 Å². The van der Waals surface area contributed by atoms with E-state index in [4.69, 9.17) is 4.74 Å². The molecule has 0 saturated carbocycles. The summed E-state index contributed by atoms with van der Waals surface area (Å²) in [5.74, 6) is 1.75. The van der Waals surface area contributed by atoms with Crippen LogP contribution in [0.3, 0.4) is 0 Å². The minimum absolute atomic E-state index is 0.208. The van der Waals surface area contributed by atoms with Crippen molar-refractivity contribution in [3.8, 4) is 5.75 Å². The van der Waals surface area contributed by atoms with Gasteiger partial charge in [0.15, 0.2) is 0 Å². The summed E-state index contributed by atoms with van der Waals surface area (Å²) in [5.41, 5.74) is 2.50. The van der Waals surface area contributed by atoms with Crippen LogP contribution in [0.5, 0.6) is 5.75 Å². The Kier molecular flexibility index (Phi) is 6.91. The maximum absolute atomic E-state index is 12.7. The number of carbonyl (C=O) groups excluding carboxylic acids is 1. The van der Waals surface area contributed by atoms with E-state index in [2.05, 4.69) is 48.0 Å². The van der Waals surface area contributed by atoms with Crippen LogP contribution in [0.25, 0.3) is 0 Å². The first-order valence-corrected chi connectivity index (χ1v) is 11.6. The third kappa shape index (κ3) is 5.65. The van der Waals surface area contributed by atoms with Crippen molar-refractivity contribution in [3.63, 3.8) is 0 Å². The lowest BCUT2D eigenvalue weighted by Crippen LogP contribution is -2.44. The predicted molar refractivity (Wildman–Crippen MR) is 123 cm³/mol. The molecule has 2 aromatic rings. The molecule has 0 atom stereocenters. The highest BCUT2D eigenvalue weighted by atomic mass is 16.5. The lowest BCUT2D eigenvalue weighted by Gasteiger charge is -2.39. The van der Waals surface area contributed by atoms with Gasteiger partial charge < -0.3 is 9.64 Å². The average molecular weight is 422 g/mol. The van der Waals surface area contributed by atoms with Crippen LogP contribution in [-0.4, -0.2) is 53.5 Å². The summed E-state index contributed by atoms with van der Waals surface area (Å²) in [5, 5.41) is 0. The summed E-state index contributed by atoms with van der Waals surface area (Å²) in [4.78, 5) is 21.6. The van der Waals surface area contributed by atoms with Crippen molar-refractivity contribution in [2.75, 3.05) is 32.8 Å². The lowest BCUT2D eigenvalue weighted by molar-refractivity contribution is -0.132. The summed E-state index contributed by atoms with van der Waals surface area (Å²) in [7, 11) is 0. The fourth-order valence-electron chi connectivity index (χ4n) is 4.84. The van der Waals surface area contributed by atoms with Crippen LogP contribution in [-0.2, 0) is 17.8 Å². The van der Waals surface area contributed by atoms with Crippen molar-refractivity contribution in [2.24, 2.45) is 11.3 Å². The maximum atomic E-state index is 12.7. The molecule has 5 heteroatoms. The molecule has 2 aliphatic rings. The Bertz CT molecular complexity index is 860. The normalized spacial score (nSPS) is 18.6. The molecule has 4 rings (SSSR count). The van der Waals surface area contributed by atoms with Crippen LogP contribution in [0.4, 0.5) is 0 Å². The quantitative estimate of drug-likeness (QED) is 0.673. The second-order valence-electron chi connectivity index (χ2n) is 9.65. The zero-order chi connectivity index (χ0) is 21.7. The molecule has 2 fully saturated rings. The van der Waals surface area contributed by atoms with Crippen molar-refractivity contribution in [1.29, 1.82) is 0 Å². The monoisotopic (exact) mass is 421 g/mol. The number of nitrogens with zero attached hydrogens (tertiary/aromatic N) is 3. The van der Waals surface area contributed by atoms with Gasteiger partial charge in [0, 0.05) is 43.6 Å². The number of piperidine rings is 1. The van der Waals surface area contributed by atoms with Gasteiger partial charge in [-0.3, -0.25) is 14.7 Å². The van der Waals surface area contributed by atoms with Gasteiger partial charge in [-0.25, -0.2) is 0 Å². The number of pyridine rings is 1. The van der Waals surface area contributed by atoms with Crippen LogP contribution in [0, 0.1) is 11.3 Å². The Morgan fingerprint density at radius 2 is 1.81 bits per heavy atom. The molecule has 0 aliphatic carbocycles. The first-order chi connectivity index (χ1) is 15.0. The number of aromatic nitrogens is 1. The molecule has 31 heavy (non-hydrogen) atoms. The Morgan fingerprint density at radius 1 is 1.06 bits per heavy atom. The molecule has 1 spiro atoms. The Hall–Kier alpha value is -2.40. The zero-order valence-electron chi connectivity index (χ0n) is 18.9. The number of rotatable bonds is 7. The minimum Gasteiger partial charge on any atom is -0.493 e. The Labute approximate surface area is 186 Å². The average Bonchev–Trinajstić information content (AvgIpc) is 3.16. The van der Waals surface area contributed by atoms with E-state index in [1.54, 1.807) is 6.20 Å². The number of hydrogen-bond acceptors (Lipinski definition) is 4. The van der Waals surface area contributed by atoms with E-state index in [0.717, 1.165) is 63.6 Å². The molecule has 1 aromatic carbocycles. The summed E-state index contributed by atoms with van der Waals surface area (Å²) in [6.07, 6.45) is 5.59. The Morgan fingerprint density at radius 3 is 2.55 bits per heavy atom. The molecule has 0 radical (unpaired) electrons. The molecule has 0 unspecified atom stereocenters. The molecule has 1 aromatic heterocycles. The smallest absolute Gasteiger partial charge is 0.228 e. The van der Waals surface area contributed by atoms with Crippen molar-refractivity contribution in [3.05, 3.63) is 59.9 Å². The summed E-state index contributed by atoms with van der Waals surface area (Å²) in [6, 6.07) is 14.2. The molecule has 1 amide bonds. The van der Waals surface area contributed by atoms with Crippen molar-refractivity contribution < 1.29 is 9.53 Å². The van der Waals surface area contributed by atoms with E-state index in [9.17, 15) is 4.79 Å². The highest BCUT2D eigenvalue weighted by molar-refractivity contribution is 5.78. The molecular formula is C26H35N3O2. The van der Waals surface area contributed by atoms with E-state index in [1.807, 2.05) is 23.1 Å². The number of carbonyl (C=O) groups is 1. The Balaban J connectivity index is 1.29. The van der Waals surface area contributed by atoms with E-state index in [0.29, 0.717) is 17.8 Å². The van der Waals surface area contributed by atoms with Gasteiger partial charge in [0.2, 0.25) is 5.91 Å². The first-order valence-electron chi connectivity index (χ1n) is 11.6. The van der Waals surface area contributed by atoms with Gasteiger partial charge in [-0.15, -0.1) is 0 Å². The second-order valence-corrected chi connectivity index (χ2v) is 9.65. The minimum atomic E-state index is 0.208. The largest absolute Gasteiger partial charge is 0.493 e. The topological polar surface area (TPSA) is 45.7 Å². The fourth-order valence-corrected chi connectivity index (χ4v) is 4.84. The maximum Gasteiger partial charge on any atom is 0.228 e. The van der Waals surface area contributed by atoms with Gasteiger partial charge in [-0.1, -0.05) is 38.1 Å². The van der Waals surface area contributed by atoms with Crippen molar-refractivity contribution >= 4 is 5.91 Å². The highest BCUT2D eigenvalue weighted by Gasteiger charge is 2.41. The van der Waals surface area contributed by atoms with Crippen LogP contribution >= 0.6 is 0 Å². The van der Waals surface area contributed by atoms with E-state index < -0.39 is 0 Å². The summed E-state index contributed by atoms with van der Waals surface area (Å²) < 4.78 is 6.06. The molecule has 0 N–H and O–H groups in total. The summed E-state index contributed by atoms with van der Waals surface area (Å²) >= 11 is 0. The summed E-state index contributed by atoms with van der Waals surface area (Å²) in [6.45, 7) is 10.0. The van der Waals surface area contributed by atoms with Gasteiger partial charge in [-0.2, -0.15) is 0 Å². The molecule has 5 nitrogen and oxygen atoms in total. The molecule has 2 saturated heterocycles. The number of para-hydroxylation sites is 1. The molecule has 3 heterocycles. The second kappa shape index (κ2) is 9.82. The predicted octanol–water partition coefficient (Wildman–Crippen LogP) is 4.17. The van der Waals surface area contributed by atoms with Gasteiger partial charge in [0.1, 0.15) is 5.75 Å². The van der Waals surface area contributed by atoms with Gasteiger partial charge in [-0.05, 0) is 55.3 Å². The van der Waals surface area contributed by atoms with Crippen LogP contribution in [0.2, 0.25) is 0 Å². The van der Waals surface area contributed by atoms with E-state index in [1.165, 1.54) is 12.0 Å². The SMILES string of the molecule is CC(C)COc1ccccc1CN1CCC2(CCN(C(=O)Cc3ccccn3)CC2)C1. The zero-order valence-corrected chi connectivity index (χ0v) is 18.9. The fraction of sp³-hybridized carbons (Fsp3) is 0.538. The molecule has 2 aliphatic heterocycles. The molecular weight excluding hydrogens is 386 g/mol. The number of ether oxygens (including phenoxy) is 1. The van der Waals surface area contributed by atoms with Gasteiger partial charge in [0.05, 0.1) is 13.0 Å². The highest BCUT2D eigenvalue weighted by Crippen LogP contribution is 2.41.